The first-order valence-electron chi connectivity index (χ1n) is 6.46. The van der Waals surface area contributed by atoms with Crippen LogP contribution in [-0.4, -0.2) is 11.9 Å². The topological polar surface area (TPSA) is 80.3 Å². The van der Waals surface area contributed by atoms with Gasteiger partial charge in [0.25, 0.3) is 0 Å². The van der Waals surface area contributed by atoms with Gasteiger partial charge in [-0.15, -0.1) is 0 Å². The Labute approximate surface area is 107 Å². The van der Waals surface area contributed by atoms with Crippen LogP contribution in [0, 0.1) is 17.3 Å². The molecule has 0 spiro atoms. The zero-order chi connectivity index (χ0) is 13.5. The fraction of sp³-hybridized carbons (Fsp3) is 0.714. The number of carbonyl (C=O) groups is 2. The van der Waals surface area contributed by atoms with Gasteiger partial charge >= 0.3 is 0 Å². The van der Waals surface area contributed by atoms with E-state index in [1.54, 1.807) is 0 Å². The lowest BCUT2D eigenvalue weighted by Crippen LogP contribution is -2.47. The summed E-state index contributed by atoms with van der Waals surface area (Å²) < 4.78 is 0. The van der Waals surface area contributed by atoms with Crippen molar-refractivity contribution in [1.29, 1.82) is 0 Å². The molecular formula is C14H18O4-2. The van der Waals surface area contributed by atoms with E-state index in [0.29, 0.717) is 12.8 Å². The van der Waals surface area contributed by atoms with Crippen molar-refractivity contribution in [3.05, 3.63) is 11.1 Å². The molecule has 0 amide bonds. The van der Waals surface area contributed by atoms with Crippen LogP contribution >= 0.6 is 0 Å². The molecule has 0 aliphatic heterocycles. The van der Waals surface area contributed by atoms with Crippen molar-refractivity contribution in [1.82, 2.24) is 0 Å². The molecule has 2 aliphatic carbocycles. The summed E-state index contributed by atoms with van der Waals surface area (Å²) in [6.45, 7) is 4.21. The van der Waals surface area contributed by atoms with Gasteiger partial charge in [-0.1, -0.05) is 25.0 Å². The largest absolute Gasteiger partial charge is 0.550 e. The van der Waals surface area contributed by atoms with E-state index >= 15 is 0 Å². The molecule has 0 fully saturated rings. The Morgan fingerprint density at radius 1 is 1.11 bits per heavy atom. The molecule has 0 aromatic rings. The molecule has 0 unspecified atom stereocenters. The van der Waals surface area contributed by atoms with Crippen LogP contribution in [0.2, 0.25) is 0 Å². The fourth-order valence-corrected chi connectivity index (χ4v) is 3.44. The highest BCUT2D eigenvalue weighted by atomic mass is 16.4. The normalized spacial score (nSPS) is 30.8. The number of carboxylic acids is 2. The molecule has 0 saturated heterocycles. The molecule has 4 nitrogen and oxygen atoms in total. The smallest absolute Gasteiger partial charge is 0.0455 e. The first kappa shape index (κ1) is 13.1. The van der Waals surface area contributed by atoms with Gasteiger partial charge in [-0.2, -0.15) is 0 Å². The third-order valence-electron chi connectivity index (χ3n) is 4.51. The Morgan fingerprint density at radius 2 is 1.67 bits per heavy atom. The van der Waals surface area contributed by atoms with Crippen LogP contribution in [-0.2, 0) is 9.59 Å². The first-order valence-corrected chi connectivity index (χ1v) is 6.46. The van der Waals surface area contributed by atoms with Gasteiger partial charge in [0.1, 0.15) is 0 Å². The van der Waals surface area contributed by atoms with Gasteiger partial charge in [-0.05, 0) is 37.5 Å². The zero-order valence-electron chi connectivity index (χ0n) is 10.8. The molecule has 0 saturated carbocycles. The van der Waals surface area contributed by atoms with Crippen molar-refractivity contribution in [2.45, 2.75) is 46.0 Å². The molecule has 0 N–H and O–H groups in total. The highest BCUT2D eigenvalue weighted by molar-refractivity contribution is 5.79. The Bertz CT molecular complexity index is 420. The number of carboxylic acid groups (broad SMARTS) is 2. The Kier molecular flexibility index (Phi) is 3.21. The quantitative estimate of drug-likeness (QED) is 0.647. The lowest BCUT2D eigenvalue weighted by atomic mass is 9.63. The molecule has 100 valence electrons. The number of aliphatic carboxylic acids is 2. The molecular weight excluding hydrogens is 232 g/mol. The van der Waals surface area contributed by atoms with Crippen molar-refractivity contribution in [2.24, 2.45) is 17.3 Å². The average Bonchev–Trinajstić information content (AvgIpc) is 2.27. The van der Waals surface area contributed by atoms with Gasteiger partial charge in [-0.3, -0.25) is 0 Å². The van der Waals surface area contributed by atoms with Gasteiger partial charge in [0.2, 0.25) is 0 Å². The molecule has 2 rings (SSSR count). The summed E-state index contributed by atoms with van der Waals surface area (Å²) in [6.07, 6.45) is 3.59. The Hall–Kier alpha value is -1.32. The van der Waals surface area contributed by atoms with Crippen molar-refractivity contribution < 1.29 is 19.8 Å². The number of rotatable bonds is 2. The second-order valence-electron chi connectivity index (χ2n) is 6.08. The van der Waals surface area contributed by atoms with Gasteiger partial charge in [0.15, 0.2) is 0 Å². The maximum Gasteiger partial charge on any atom is 0.0455 e. The van der Waals surface area contributed by atoms with E-state index in [-0.39, 0.29) is 5.41 Å². The van der Waals surface area contributed by atoms with Crippen LogP contribution < -0.4 is 10.2 Å². The summed E-state index contributed by atoms with van der Waals surface area (Å²) in [4.78, 5) is 22.2. The monoisotopic (exact) mass is 250 g/mol. The van der Waals surface area contributed by atoms with Crippen LogP contribution in [0.4, 0.5) is 0 Å². The molecule has 0 heterocycles. The SMILES string of the molecule is CC1(C)CCCC2=C1C[C@H](C(=O)[O-])[C@@H](C(=O)[O-])C2. The maximum absolute atomic E-state index is 11.1. The fourth-order valence-electron chi connectivity index (χ4n) is 3.44. The second-order valence-corrected chi connectivity index (χ2v) is 6.08. The predicted molar refractivity (Wildman–Crippen MR) is 60.9 cm³/mol. The van der Waals surface area contributed by atoms with Gasteiger partial charge < -0.3 is 19.8 Å². The van der Waals surface area contributed by atoms with E-state index < -0.39 is 23.8 Å². The third kappa shape index (κ3) is 2.16. The Balaban J connectivity index is 2.37. The van der Waals surface area contributed by atoms with Crippen molar-refractivity contribution >= 4 is 11.9 Å². The summed E-state index contributed by atoms with van der Waals surface area (Å²) in [5.41, 5.74) is 2.26. The molecule has 2 atom stereocenters. The molecule has 0 radical (unpaired) electrons. The van der Waals surface area contributed by atoms with Crippen LogP contribution in [0.25, 0.3) is 0 Å². The summed E-state index contributed by atoms with van der Waals surface area (Å²) in [6, 6.07) is 0. The van der Waals surface area contributed by atoms with E-state index in [9.17, 15) is 19.8 Å². The lowest BCUT2D eigenvalue weighted by molar-refractivity contribution is -0.327. The standard InChI is InChI=1S/C14H20O4/c1-14(2)5-3-4-8-6-9(12(15)16)10(13(17)18)7-11(8)14/h9-10H,3-7H2,1-2H3,(H,15,16)(H,17,18)/p-2/t9-,10-/m0/s1. The molecule has 4 heteroatoms. The van der Waals surface area contributed by atoms with Crippen molar-refractivity contribution in [3.8, 4) is 0 Å². The van der Waals surface area contributed by atoms with Crippen LogP contribution in [0.3, 0.4) is 0 Å². The zero-order valence-corrected chi connectivity index (χ0v) is 10.8. The average molecular weight is 250 g/mol. The lowest BCUT2D eigenvalue weighted by Gasteiger charge is -2.44. The van der Waals surface area contributed by atoms with Crippen LogP contribution in [0.5, 0.6) is 0 Å². The van der Waals surface area contributed by atoms with Crippen LogP contribution in [0.1, 0.15) is 46.0 Å². The third-order valence-corrected chi connectivity index (χ3v) is 4.51. The Morgan fingerprint density at radius 3 is 2.22 bits per heavy atom. The minimum atomic E-state index is -1.27. The van der Waals surface area contributed by atoms with E-state index in [2.05, 4.69) is 13.8 Å². The first-order chi connectivity index (χ1) is 8.33. The van der Waals surface area contributed by atoms with E-state index in [4.69, 9.17) is 0 Å². The van der Waals surface area contributed by atoms with Crippen molar-refractivity contribution in [2.75, 3.05) is 0 Å². The molecule has 18 heavy (non-hydrogen) atoms. The summed E-state index contributed by atoms with van der Waals surface area (Å²) in [7, 11) is 0. The molecule has 0 aromatic heterocycles. The van der Waals surface area contributed by atoms with Gasteiger partial charge in [0.05, 0.1) is 0 Å². The maximum atomic E-state index is 11.1. The van der Waals surface area contributed by atoms with Crippen LogP contribution in [0.15, 0.2) is 11.1 Å². The van der Waals surface area contributed by atoms with Crippen molar-refractivity contribution in [3.63, 3.8) is 0 Å². The summed E-state index contributed by atoms with van der Waals surface area (Å²) >= 11 is 0. The minimum absolute atomic E-state index is 0.0157. The number of carbonyl (C=O) groups excluding carboxylic acids is 2. The minimum Gasteiger partial charge on any atom is -0.550 e. The summed E-state index contributed by atoms with van der Waals surface area (Å²) in [5, 5.41) is 22.2. The number of allylic oxidation sites excluding steroid dienone is 2. The molecule has 2 aliphatic rings. The number of hydrogen-bond acceptors (Lipinski definition) is 4. The second kappa shape index (κ2) is 4.41. The van der Waals surface area contributed by atoms with Gasteiger partial charge in [-0.25, -0.2) is 0 Å². The summed E-state index contributed by atoms with van der Waals surface area (Å²) in [5.74, 6) is -4.40. The van der Waals surface area contributed by atoms with E-state index in [0.717, 1.165) is 30.4 Å². The number of hydrogen-bond donors (Lipinski definition) is 0. The van der Waals surface area contributed by atoms with E-state index in [1.807, 2.05) is 0 Å². The molecule has 0 aromatic carbocycles. The van der Waals surface area contributed by atoms with E-state index in [1.165, 1.54) is 0 Å². The molecule has 0 bridgehead atoms. The van der Waals surface area contributed by atoms with Gasteiger partial charge in [0, 0.05) is 23.8 Å². The highest BCUT2D eigenvalue weighted by Crippen LogP contribution is 2.49. The predicted octanol–water partition coefficient (Wildman–Crippen LogP) is 0.0191. The highest BCUT2D eigenvalue weighted by Gasteiger charge is 2.38.